The largest absolute Gasteiger partial charge is 0.496 e. The number of piperidine rings is 1. The van der Waals surface area contributed by atoms with Gasteiger partial charge in [-0.25, -0.2) is 0 Å². The van der Waals surface area contributed by atoms with Crippen molar-refractivity contribution in [2.45, 2.75) is 26.3 Å². The molecule has 0 aromatic heterocycles. The molecule has 4 nitrogen and oxygen atoms in total. The number of nitrogens with one attached hydrogen (secondary N) is 2. The second-order valence-corrected chi connectivity index (χ2v) is 5.23. The highest BCUT2D eigenvalue weighted by atomic mass is 16.5. The maximum atomic E-state index is 12.3. The molecule has 1 saturated heterocycles. The molecule has 0 saturated carbocycles. The fourth-order valence-corrected chi connectivity index (χ4v) is 2.44. The van der Waals surface area contributed by atoms with E-state index < -0.39 is 0 Å². The molecule has 2 N–H and O–H groups in total. The van der Waals surface area contributed by atoms with E-state index in [2.05, 4.69) is 17.6 Å². The van der Waals surface area contributed by atoms with Crippen molar-refractivity contribution in [3.63, 3.8) is 0 Å². The molecule has 0 bridgehead atoms. The van der Waals surface area contributed by atoms with Crippen LogP contribution in [0.5, 0.6) is 5.75 Å². The molecule has 0 unspecified atom stereocenters. The highest BCUT2D eigenvalue weighted by Gasteiger charge is 2.23. The molecule has 1 aliphatic rings. The van der Waals surface area contributed by atoms with Gasteiger partial charge in [-0.1, -0.05) is 13.0 Å². The SMILES string of the molecule is COc1cc(C(=O)N[C@H]2CCNC[C@H]2C)ccc1C. The summed E-state index contributed by atoms with van der Waals surface area (Å²) in [6, 6.07) is 5.82. The number of carbonyl (C=O) groups is 1. The maximum Gasteiger partial charge on any atom is 0.251 e. The van der Waals surface area contributed by atoms with Crippen LogP contribution >= 0.6 is 0 Å². The highest BCUT2D eigenvalue weighted by Crippen LogP contribution is 2.19. The van der Waals surface area contributed by atoms with Gasteiger partial charge in [0.05, 0.1) is 7.11 Å². The molecule has 0 radical (unpaired) electrons. The Labute approximate surface area is 114 Å². The van der Waals surface area contributed by atoms with Gasteiger partial charge >= 0.3 is 0 Å². The Bertz CT molecular complexity index is 459. The van der Waals surface area contributed by atoms with Crippen molar-refractivity contribution in [1.29, 1.82) is 0 Å². The first-order valence-electron chi connectivity index (χ1n) is 6.78. The lowest BCUT2D eigenvalue weighted by Gasteiger charge is -2.30. The number of hydrogen-bond donors (Lipinski definition) is 2. The lowest BCUT2D eigenvalue weighted by atomic mass is 9.95. The Morgan fingerprint density at radius 3 is 2.95 bits per heavy atom. The van der Waals surface area contributed by atoms with Gasteiger partial charge in [-0.3, -0.25) is 4.79 Å². The van der Waals surface area contributed by atoms with Crippen LogP contribution in [-0.4, -0.2) is 32.1 Å². The number of methoxy groups -OCH3 is 1. The van der Waals surface area contributed by atoms with Crippen molar-refractivity contribution >= 4 is 5.91 Å². The molecule has 104 valence electrons. The normalized spacial score (nSPS) is 22.9. The topological polar surface area (TPSA) is 50.4 Å². The van der Waals surface area contributed by atoms with Gasteiger partial charge in [-0.2, -0.15) is 0 Å². The lowest BCUT2D eigenvalue weighted by molar-refractivity contribution is 0.0914. The quantitative estimate of drug-likeness (QED) is 0.872. The summed E-state index contributed by atoms with van der Waals surface area (Å²) in [5.41, 5.74) is 1.70. The molecule has 4 heteroatoms. The molecule has 1 aromatic carbocycles. The molecule has 19 heavy (non-hydrogen) atoms. The van der Waals surface area contributed by atoms with E-state index in [0.29, 0.717) is 11.5 Å². The minimum absolute atomic E-state index is 0.0166. The molecule has 1 fully saturated rings. The fraction of sp³-hybridized carbons (Fsp3) is 0.533. The van der Waals surface area contributed by atoms with Crippen LogP contribution in [0.3, 0.4) is 0 Å². The first-order valence-corrected chi connectivity index (χ1v) is 6.78. The predicted octanol–water partition coefficient (Wildman–Crippen LogP) is 1.73. The second kappa shape index (κ2) is 6.06. The Hall–Kier alpha value is -1.55. The summed E-state index contributed by atoms with van der Waals surface area (Å²) in [5.74, 6) is 1.20. The molecule has 0 aliphatic carbocycles. The molecular weight excluding hydrogens is 240 g/mol. The average molecular weight is 262 g/mol. The lowest BCUT2D eigenvalue weighted by Crippen LogP contribution is -2.48. The minimum atomic E-state index is -0.0166. The van der Waals surface area contributed by atoms with Crippen LogP contribution in [0.25, 0.3) is 0 Å². The zero-order valence-electron chi connectivity index (χ0n) is 11.8. The summed E-state index contributed by atoms with van der Waals surface area (Å²) in [4.78, 5) is 12.3. The van der Waals surface area contributed by atoms with E-state index in [1.165, 1.54) is 0 Å². The smallest absolute Gasteiger partial charge is 0.251 e. The number of hydrogen-bond acceptors (Lipinski definition) is 3. The Balaban J connectivity index is 2.07. The van der Waals surface area contributed by atoms with Gasteiger partial charge in [0.15, 0.2) is 0 Å². The van der Waals surface area contributed by atoms with Gasteiger partial charge < -0.3 is 15.4 Å². The molecule has 1 aromatic rings. The number of carbonyl (C=O) groups excluding carboxylic acids is 1. The number of rotatable bonds is 3. The van der Waals surface area contributed by atoms with Crippen molar-refractivity contribution in [3.8, 4) is 5.75 Å². The van der Waals surface area contributed by atoms with Crippen LogP contribution in [0.1, 0.15) is 29.3 Å². The first kappa shape index (κ1) is 13.9. The number of aryl methyl sites for hydroxylation is 1. The summed E-state index contributed by atoms with van der Waals surface area (Å²) in [6.07, 6.45) is 0.982. The van der Waals surface area contributed by atoms with E-state index in [0.717, 1.165) is 30.8 Å². The van der Waals surface area contributed by atoms with Gasteiger partial charge in [0, 0.05) is 11.6 Å². The Kier molecular flexibility index (Phi) is 4.43. The summed E-state index contributed by atoms with van der Waals surface area (Å²) in [5, 5.41) is 6.45. The van der Waals surface area contributed by atoms with Crippen LogP contribution in [-0.2, 0) is 0 Å². The molecule has 1 aliphatic heterocycles. The zero-order chi connectivity index (χ0) is 13.8. The highest BCUT2D eigenvalue weighted by molar-refractivity contribution is 5.94. The maximum absolute atomic E-state index is 12.3. The van der Waals surface area contributed by atoms with Gasteiger partial charge in [-0.15, -0.1) is 0 Å². The van der Waals surface area contributed by atoms with Crippen molar-refractivity contribution in [2.24, 2.45) is 5.92 Å². The fourth-order valence-electron chi connectivity index (χ4n) is 2.44. The monoisotopic (exact) mass is 262 g/mol. The predicted molar refractivity (Wildman–Crippen MR) is 75.6 cm³/mol. The zero-order valence-corrected chi connectivity index (χ0v) is 11.8. The summed E-state index contributed by atoms with van der Waals surface area (Å²) < 4.78 is 5.26. The molecule has 2 rings (SSSR count). The average Bonchev–Trinajstić information content (AvgIpc) is 2.42. The molecule has 1 amide bonds. The van der Waals surface area contributed by atoms with Crippen molar-refractivity contribution in [2.75, 3.05) is 20.2 Å². The third kappa shape index (κ3) is 3.26. The van der Waals surface area contributed by atoms with Gasteiger partial charge in [0.25, 0.3) is 5.91 Å². The third-order valence-electron chi connectivity index (χ3n) is 3.77. The van der Waals surface area contributed by atoms with E-state index in [4.69, 9.17) is 4.74 Å². The molecule has 2 atom stereocenters. The van der Waals surface area contributed by atoms with E-state index in [1.54, 1.807) is 13.2 Å². The van der Waals surface area contributed by atoms with Crippen LogP contribution in [0.2, 0.25) is 0 Å². The van der Waals surface area contributed by atoms with Crippen LogP contribution in [0.4, 0.5) is 0 Å². The Morgan fingerprint density at radius 2 is 2.26 bits per heavy atom. The number of benzene rings is 1. The van der Waals surface area contributed by atoms with E-state index in [9.17, 15) is 4.79 Å². The van der Waals surface area contributed by atoms with Crippen molar-refractivity contribution < 1.29 is 9.53 Å². The van der Waals surface area contributed by atoms with E-state index in [1.807, 2.05) is 19.1 Å². The summed E-state index contributed by atoms with van der Waals surface area (Å²) >= 11 is 0. The van der Waals surface area contributed by atoms with Crippen molar-refractivity contribution in [1.82, 2.24) is 10.6 Å². The van der Waals surface area contributed by atoms with E-state index in [-0.39, 0.29) is 11.9 Å². The standard InChI is InChI=1S/C15H22N2O2/c1-10-4-5-12(8-14(10)19-3)15(18)17-13-6-7-16-9-11(13)2/h4-5,8,11,13,16H,6-7,9H2,1-3H3,(H,17,18)/t11-,13+/m1/s1. The van der Waals surface area contributed by atoms with Crippen molar-refractivity contribution in [3.05, 3.63) is 29.3 Å². The van der Waals surface area contributed by atoms with Crippen LogP contribution in [0.15, 0.2) is 18.2 Å². The minimum Gasteiger partial charge on any atom is -0.496 e. The summed E-state index contributed by atoms with van der Waals surface area (Å²) in [6.45, 7) is 6.05. The summed E-state index contributed by atoms with van der Waals surface area (Å²) in [7, 11) is 1.62. The van der Waals surface area contributed by atoms with Crippen LogP contribution in [0, 0.1) is 12.8 Å². The second-order valence-electron chi connectivity index (χ2n) is 5.23. The van der Waals surface area contributed by atoms with Gasteiger partial charge in [0.1, 0.15) is 5.75 Å². The van der Waals surface area contributed by atoms with Gasteiger partial charge in [0.2, 0.25) is 0 Å². The molecule has 0 spiro atoms. The third-order valence-corrected chi connectivity index (χ3v) is 3.77. The van der Waals surface area contributed by atoms with E-state index >= 15 is 0 Å². The number of amides is 1. The molecular formula is C15H22N2O2. The first-order chi connectivity index (χ1) is 9.11. The molecule has 1 heterocycles. The van der Waals surface area contributed by atoms with Gasteiger partial charge in [-0.05, 0) is 50.0 Å². The Morgan fingerprint density at radius 1 is 1.47 bits per heavy atom. The number of ether oxygens (including phenoxy) is 1. The van der Waals surface area contributed by atoms with Crippen LogP contribution < -0.4 is 15.4 Å².